The van der Waals surface area contributed by atoms with Crippen LogP contribution in [0.1, 0.15) is 37.8 Å². The van der Waals surface area contributed by atoms with E-state index in [0.29, 0.717) is 13.1 Å². The Morgan fingerprint density at radius 2 is 1.86 bits per heavy atom. The van der Waals surface area contributed by atoms with Crippen LogP contribution in [0, 0.1) is 5.92 Å². The number of para-hydroxylation sites is 1. The first-order chi connectivity index (χ1) is 14.0. The maximum Gasteiger partial charge on any atom is 0.234 e. The van der Waals surface area contributed by atoms with Gasteiger partial charge in [-0.3, -0.25) is 14.5 Å². The summed E-state index contributed by atoms with van der Waals surface area (Å²) in [6, 6.07) is 17.6. The Balaban J connectivity index is 1.51. The molecule has 0 radical (unpaired) electrons. The molecule has 2 amide bonds. The monoisotopic (exact) mass is 457 g/mol. The van der Waals surface area contributed by atoms with E-state index in [2.05, 4.69) is 38.4 Å². The smallest absolute Gasteiger partial charge is 0.234 e. The molecule has 0 saturated carbocycles. The zero-order chi connectivity index (χ0) is 20.6. The molecule has 5 nitrogen and oxygen atoms in total. The number of nitrogens with zero attached hydrogens (tertiary/aromatic N) is 1. The van der Waals surface area contributed by atoms with Crippen molar-refractivity contribution < 1.29 is 9.59 Å². The number of carbonyl (C=O) groups is 2. The van der Waals surface area contributed by atoms with Gasteiger partial charge < -0.3 is 10.6 Å². The van der Waals surface area contributed by atoms with Gasteiger partial charge in [0.25, 0.3) is 0 Å². The number of amides is 2. The summed E-state index contributed by atoms with van der Waals surface area (Å²) in [6.07, 6.45) is 2.60. The maximum absolute atomic E-state index is 12.6. The zero-order valence-electron chi connectivity index (χ0n) is 16.7. The first kappa shape index (κ1) is 21.5. The molecule has 1 heterocycles. The minimum Gasteiger partial charge on any atom is -0.348 e. The summed E-state index contributed by atoms with van der Waals surface area (Å²) in [5.41, 5.74) is 1.91. The third-order valence-corrected chi connectivity index (χ3v) is 5.83. The molecule has 3 rings (SSSR count). The van der Waals surface area contributed by atoms with Gasteiger partial charge in [-0.15, -0.1) is 0 Å². The van der Waals surface area contributed by atoms with E-state index >= 15 is 0 Å². The molecule has 1 fully saturated rings. The Kier molecular flexibility index (Phi) is 7.83. The van der Waals surface area contributed by atoms with E-state index in [-0.39, 0.29) is 23.8 Å². The standard InChI is InChI=1S/C23H28BrN3O2/c1-2-21(17-10-12-19(24)13-11-17)26-22(28)16-27-14-6-7-18(15-27)23(29)25-20-8-4-3-5-9-20/h3-5,8-13,18,21H,2,6-7,14-16H2,1H3,(H,25,29)(H,26,28). The van der Waals surface area contributed by atoms with Crippen molar-refractivity contribution in [2.45, 2.75) is 32.2 Å². The van der Waals surface area contributed by atoms with Crippen molar-refractivity contribution >= 4 is 33.4 Å². The van der Waals surface area contributed by atoms with Crippen LogP contribution in [-0.4, -0.2) is 36.3 Å². The van der Waals surface area contributed by atoms with Gasteiger partial charge >= 0.3 is 0 Å². The van der Waals surface area contributed by atoms with Gasteiger partial charge in [0.1, 0.15) is 0 Å². The normalized spacial score (nSPS) is 18.1. The van der Waals surface area contributed by atoms with Crippen LogP contribution in [0.2, 0.25) is 0 Å². The van der Waals surface area contributed by atoms with Crippen molar-refractivity contribution in [3.8, 4) is 0 Å². The van der Waals surface area contributed by atoms with Crippen molar-refractivity contribution in [1.29, 1.82) is 0 Å². The van der Waals surface area contributed by atoms with Gasteiger partial charge in [0, 0.05) is 16.7 Å². The summed E-state index contributed by atoms with van der Waals surface area (Å²) < 4.78 is 1.02. The SMILES string of the molecule is CCC(NC(=O)CN1CCCC(C(=O)Nc2ccccc2)C1)c1ccc(Br)cc1. The van der Waals surface area contributed by atoms with Gasteiger partial charge in [0.05, 0.1) is 18.5 Å². The summed E-state index contributed by atoms with van der Waals surface area (Å²) in [4.78, 5) is 27.3. The molecule has 2 atom stereocenters. The lowest BCUT2D eigenvalue weighted by atomic mass is 9.97. The predicted molar refractivity (Wildman–Crippen MR) is 120 cm³/mol. The fraction of sp³-hybridized carbons (Fsp3) is 0.391. The van der Waals surface area contributed by atoms with Crippen LogP contribution in [0.15, 0.2) is 59.1 Å². The van der Waals surface area contributed by atoms with Crippen molar-refractivity contribution in [1.82, 2.24) is 10.2 Å². The van der Waals surface area contributed by atoms with Crippen molar-refractivity contribution in [3.05, 3.63) is 64.6 Å². The molecule has 6 heteroatoms. The van der Waals surface area contributed by atoms with Gasteiger partial charge in [-0.05, 0) is 55.6 Å². The molecular weight excluding hydrogens is 430 g/mol. The minimum atomic E-state index is -0.0924. The van der Waals surface area contributed by atoms with E-state index in [0.717, 1.165) is 41.5 Å². The van der Waals surface area contributed by atoms with E-state index in [1.165, 1.54) is 0 Å². The Labute approximate surface area is 181 Å². The Bertz CT molecular complexity index is 811. The number of piperidine rings is 1. The number of hydrogen-bond acceptors (Lipinski definition) is 3. The van der Waals surface area contributed by atoms with Gasteiger partial charge in [0.15, 0.2) is 0 Å². The number of halogens is 1. The van der Waals surface area contributed by atoms with Crippen LogP contribution in [-0.2, 0) is 9.59 Å². The van der Waals surface area contributed by atoms with Gasteiger partial charge in [0.2, 0.25) is 11.8 Å². The number of carbonyl (C=O) groups excluding carboxylic acids is 2. The highest BCUT2D eigenvalue weighted by Crippen LogP contribution is 2.21. The van der Waals surface area contributed by atoms with Crippen LogP contribution < -0.4 is 10.6 Å². The second kappa shape index (κ2) is 10.6. The number of rotatable bonds is 7. The maximum atomic E-state index is 12.6. The molecule has 154 valence electrons. The molecule has 0 bridgehead atoms. The van der Waals surface area contributed by atoms with E-state index in [9.17, 15) is 9.59 Å². The average Bonchev–Trinajstić information content (AvgIpc) is 2.73. The fourth-order valence-corrected chi connectivity index (χ4v) is 4.00. The quantitative estimate of drug-likeness (QED) is 0.648. The summed E-state index contributed by atoms with van der Waals surface area (Å²) in [5, 5.41) is 6.12. The molecule has 1 aliphatic heterocycles. The van der Waals surface area contributed by atoms with E-state index in [1.807, 2.05) is 54.6 Å². The molecule has 0 aromatic heterocycles. The second-order valence-corrected chi connectivity index (χ2v) is 8.43. The third-order valence-electron chi connectivity index (χ3n) is 5.30. The minimum absolute atomic E-state index is 0.00225. The van der Waals surface area contributed by atoms with Crippen molar-refractivity contribution in [2.75, 3.05) is 25.0 Å². The number of likely N-dealkylation sites (tertiary alicyclic amines) is 1. The topological polar surface area (TPSA) is 61.4 Å². The number of hydrogen-bond donors (Lipinski definition) is 2. The molecule has 2 unspecified atom stereocenters. The van der Waals surface area contributed by atoms with Gasteiger partial charge in [-0.25, -0.2) is 0 Å². The lowest BCUT2D eigenvalue weighted by Gasteiger charge is -2.32. The predicted octanol–water partition coefficient (Wildman–Crippen LogP) is 4.37. The first-order valence-corrected chi connectivity index (χ1v) is 11.0. The van der Waals surface area contributed by atoms with E-state index < -0.39 is 0 Å². The second-order valence-electron chi connectivity index (χ2n) is 7.51. The summed E-state index contributed by atoms with van der Waals surface area (Å²) >= 11 is 3.44. The molecule has 1 saturated heterocycles. The molecule has 0 aliphatic carbocycles. The lowest BCUT2D eigenvalue weighted by molar-refractivity contribution is -0.126. The Hall–Kier alpha value is -2.18. The molecule has 2 aromatic carbocycles. The fourth-order valence-electron chi connectivity index (χ4n) is 3.74. The van der Waals surface area contributed by atoms with Gasteiger partial charge in [-0.1, -0.05) is 53.2 Å². The first-order valence-electron chi connectivity index (χ1n) is 10.2. The average molecular weight is 458 g/mol. The van der Waals surface area contributed by atoms with Crippen molar-refractivity contribution in [3.63, 3.8) is 0 Å². The van der Waals surface area contributed by atoms with E-state index in [4.69, 9.17) is 0 Å². The molecule has 2 N–H and O–H groups in total. The number of anilines is 1. The number of nitrogens with one attached hydrogen (secondary N) is 2. The van der Waals surface area contributed by atoms with Crippen molar-refractivity contribution in [2.24, 2.45) is 5.92 Å². The zero-order valence-corrected chi connectivity index (χ0v) is 18.3. The number of benzene rings is 2. The van der Waals surface area contributed by atoms with Crippen LogP contribution in [0.3, 0.4) is 0 Å². The Morgan fingerprint density at radius 3 is 2.55 bits per heavy atom. The molecule has 2 aromatic rings. The summed E-state index contributed by atoms with van der Waals surface area (Å²) in [6.45, 7) is 3.85. The third kappa shape index (κ3) is 6.41. The molecular formula is C23H28BrN3O2. The summed E-state index contributed by atoms with van der Waals surface area (Å²) in [5.74, 6) is -0.0586. The molecule has 0 spiro atoms. The van der Waals surface area contributed by atoms with Crippen LogP contribution in [0.5, 0.6) is 0 Å². The highest BCUT2D eigenvalue weighted by Gasteiger charge is 2.27. The van der Waals surface area contributed by atoms with E-state index in [1.54, 1.807) is 0 Å². The van der Waals surface area contributed by atoms with Crippen LogP contribution in [0.4, 0.5) is 5.69 Å². The highest BCUT2D eigenvalue weighted by atomic mass is 79.9. The van der Waals surface area contributed by atoms with Gasteiger partial charge in [-0.2, -0.15) is 0 Å². The summed E-state index contributed by atoms with van der Waals surface area (Å²) in [7, 11) is 0. The molecule has 1 aliphatic rings. The lowest BCUT2D eigenvalue weighted by Crippen LogP contribution is -2.45. The largest absolute Gasteiger partial charge is 0.348 e. The Morgan fingerprint density at radius 1 is 1.14 bits per heavy atom. The van der Waals surface area contributed by atoms with Crippen LogP contribution in [0.25, 0.3) is 0 Å². The molecule has 29 heavy (non-hydrogen) atoms. The highest BCUT2D eigenvalue weighted by molar-refractivity contribution is 9.10. The van der Waals surface area contributed by atoms with Crippen LogP contribution >= 0.6 is 15.9 Å².